The van der Waals surface area contributed by atoms with Gasteiger partial charge in [-0.15, -0.1) is 0 Å². The fourth-order valence-corrected chi connectivity index (χ4v) is 3.34. The highest BCUT2D eigenvalue weighted by Gasteiger charge is 2.42. The van der Waals surface area contributed by atoms with Crippen LogP contribution < -0.4 is 0 Å². The first-order valence-corrected chi connectivity index (χ1v) is 10.5. The zero-order valence-electron chi connectivity index (χ0n) is 17.4. The minimum absolute atomic E-state index is 0.171. The number of rotatable bonds is 9. The SMILES string of the molecule is CCCCOC(=O)N1CC(OCc2ccccc2)C[C@@H]1C(=O)OCc1ccccc1. The van der Waals surface area contributed by atoms with Crippen LogP contribution in [0.3, 0.4) is 0 Å². The van der Waals surface area contributed by atoms with Crippen molar-refractivity contribution in [1.82, 2.24) is 4.90 Å². The number of carbonyl (C=O) groups excluding carboxylic acids is 2. The Morgan fingerprint density at radius 3 is 2.20 bits per heavy atom. The molecule has 2 aromatic carbocycles. The molecule has 1 saturated heterocycles. The van der Waals surface area contributed by atoms with E-state index in [1.807, 2.05) is 67.6 Å². The summed E-state index contributed by atoms with van der Waals surface area (Å²) in [5.74, 6) is -0.433. The summed E-state index contributed by atoms with van der Waals surface area (Å²) >= 11 is 0. The van der Waals surface area contributed by atoms with Crippen molar-refractivity contribution in [2.24, 2.45) is 0 Å². The first kappa shape index (κ1) is 21.8. The Hall–Kier alpha value is -2.86. The monoisotopic (exact) mass is 411 g/mol. The van der Waals surface area contributed by atoms with Gasteiger partial charge in [0.15, 0.2) is 0 Å². The summed E-state index contributed by atoms with van der Waals surface area (Å²) in [5, 5.41) is 0. The van der Waals surface area contributed by atoms with Crippen LogP contribution in [0.4, 0.5) is 4.79 Å². The van der Waals surface area contributed by atoms with E-state index in [0.717, 1.165) is 24.0 Å². The Balaban J connectivity index is 1.60. The molecule has 1 amide bonds. The molecule has 1 fully saturated rings. The van der Waals surface area contributed by atoms with Crippen LogP contribution in [0.1, 0.15) is 37.3 Å². The number of carbonyl (C=O) groups is 2. The molecule has 6 nitrogen and oxygen atoms in total. The maximum absolute atomic E-state index is 12.8. The quantitative estimate of drug-likeness (QED) is 0.454. The third-order valence-corrected chi connectivity index (χ3v) is 5.05. The molecule has 0 spiro atoms. The van der Waals surface area contributed by atoms with Crippen LogP contribution in [-0.4, -0.2) is 42.3 Å². The molecule has 1 aliphatic heterocycles. The Bertz CT molecular complexity index is 796. The summed E-state index contributed by atoms with van der Waals surface area (Å²) < 4.78 is 16.8. The van der Waals surface area contributed by atoms with Crippen molar-refractivity contribution in [3.05, 3.63) is 71.8 Å². The molecule has 0 bridgehead atoms. The van der Waals surface area contributed by atoms with Gasteiger partial charge in [0.2, 0.25) is 0 Å². The number of likely N-dealkylation sites (tertiary alicyclic amines) is 1. The van der Waals surface area contributed by atoms with Crippen LogP contribution in [-0.2, 0) is 32.2 Å². The number of nitrogens with zero attached hydrogens (tertiary/aromatic N) is 1. The van der Waals surface area contributed by atoms with Crippen molar-refractivity contribution in [3.63, 3.8) is 0 Å². The Kier molecular flexibility index (Phi) is 8.27. The van der Waals surface area contributed by atoms with E-state index in [4.69, 9.17) is 14.2 Å². The lowest BCUT2D eigenvalue weighted by Gasteiger charge is -2.22. The lowest BCUT2D eigenvalue weighted by atomic mass is 10.2. The van der Waals surface area contributed by atoms with Gasteiger partial charge in [-0.2, -0.15) is 0 Å². The second kappa shape index (κ2) is 11.4. The summed E-state index contributed by atoms with van der Waals surface area (Å²) in [7, 11) is 0. The van der Waals surface area contributed by atoms with Crippen molar-refractivity contribution < 1.29 is 23.8 Å². The average Bonchev–Trinajstić information content (AvgIpc) is 3.22. The molecule has 1 unspecified atom stereocenters. The Labute approximate surface area is 177 Å². The lowest BCUT2D eigenvalue weighted by Crippen LogP contribution is -2.42. The topological polar surface area (TPSA) is 65.1 Å². The van der Waals surface area contributed by atoms with Crippen LogP contribution >= 0.6 is 0 Å². The third-order valence-electron chi connectivity index (χ3n) is 5.05. The number of esters is 1. The smallest absolute Gasteiger partial charge is 0.410 e. The average molecular weight is 411 g/mol. The van der Waals surface area contributed by atoms with Crippen LogP contribution in [0.25, 0.3) is 0 Å². The summed E-state index contributed by atoms with van der Waals surface area (Å²) in [6.45, 7) is 3.28. The second-order valence-corrected chi connectivity index (χ2v) is 7.38. The predicted octanol–water partition coefficient (Wildman–Crippen LogP) is 4.33. The van der Waals surface area contributed by atoms with E-state index in [9.17, 15) is 9.59 Å². The van der Waals surface area contributed by atoms with Gasteiger partial charge in [-0.25, -0.2) is 9.59 Å². The molecule has 30 heavy (non-hydrogen) atoms. The van der Waals surface area contributed by atoms with Crippen molar-refractivity contribution >= 4 is 12.1 Å². The number of hydrogen-bond donors (Lipinski definition) is 0. The first-order chi connectivity index (χ1) is 14.7. The van der Waals surface area contributed by atoms with Crippen LogP contribution in [0.5, 0.6) is 0 Å². The molecule has 0 aromatic heterocycles. The Morgan fingerprint density at radius 2 is 1.57 bits per heavy atom. The number of hydrogen-bond acceptors (Lipinski definition) is 5. The van der Waals surface area contributed by atoms with Crippen LogP contribution in [0.15, 0.2) is 60.7 Å². The normalized spacial score (nSPS) is 18.2. The van der Waals surface area contributed by atoms with E-state index >= 15 is 0 Å². The molecule has 0 radical (unpaired) electrons. The number of amides is 1. The van der Waals surface area contributed by atoms with E-state index < -0.39 is 18.1 Å². The highest BCUT2D eigenvalue weighted by Crippen LogP contribution is 2.24. The van der Waals surface area contributed by atoms with Crippen molar-refractivity contribution in [1.29, 1.82) is 0 Å². The summed E-state index contributed by atoms with van der Waals surface area (Å²) in [4.78, 5) is 26.8. The van der Waals surface area contributed by atoms with E-state index in [1.54, 1.807) is 0 Å². The van der Waals surface area contributed by atoms with Crippen molar-refractivity contribution in [2.75, 3.05) is 13.2 Å². The van der Waals surface area contributed by atoms with Gasteiger partial charge in [0, 0.05) is 6.42 Å². The van der Waals surface area contributed by atoms with E-state index in [2.05, 4.69) is 0 Å². The van der Waals surface area contributed by atoms with Crippen LogP contribution in [0, 0.1) is 0 Å². The van der Waals surface area contributed by atoms with Gasteiger partial charge in [0.05, 0.1) is 25.9 Å². The fourth-order valence-electron chi connectivity index (χ4n) is 3.34. The molecular weight excluding hydrogens is 382 g/mol. The molecule has 1 heterocycles. The molecule has 6 heteroatoms. The van der Waals surface area contributed by atoms with Gasteiger partial charge in [0.25, 0.3) is 0 Å². The van der Waals surface area contributed by atoms with Gasteiger partial charge >= 0.3 is 12.1 Å². The molecule has 2 aromatic rings. The maximum atomic E-state index is 12.8. The van der Waals surface area contributed by atoms with Gasteiger partial charge in [-0.05, 0) is 17.5 Å². The largest absolute Gasteiger partial charge is 0.459 e. The highest BCUT2D eigenvalue weighted by molar-refractivity contribution is 5.82. The minimum Gasteiger partial charge on any atom is -0.459 e. The second-order valence-electron chi connectivity index (χ2n) is 7.38. The zero-order valence-corrected chi connectivity index (χ0v) is 17.4. The highest BCUT2D eigenvalue weighted by atomic mass is 16.6. The molecule has 160 valence electrons. The van der Waals surface area contributed by atoms with Gasteiger partial charge in [0.1, 0.15) is 12.6 Å². The predicted molar refractivity (Wildman–Crippen MR) is 113 cm³/mol. The van der Waals surface area contributed by atoms with Gasteiger partial charge in [-0.3, -0.25) is 4.90 Å². The molecular formula is C24H29NO5. The molecule has 0 aliphatic carbocycles. The van der Waals surface area contributed by atoms with E-state index in [0.29, 0.717) is 26.2 Å². The molecule has 3 rings (SSSR count). The lowest BCUT2D eigenvalue weighted by molar-refractivity contribution is -0.149. The molecule has 0 N–H and O–H groups in total. The molecule has 2 atom stereocenters. The van der Waals surface area contributed by atoms with Crippen molar-refractivity contribution in [3.8, 4) is 0 Å². The summed E-state index contributed by atoms with van der Waals surface area (Å²) in [6, 6.07) is 18.6. The number of benzene rings is 2. The standard InChI is InChI=1S/C24H29NO5/c1-2-3-14-28-24(27)25-16-21(29-17-19-10-6-4-7-11-19)15-22(25)23(26)30-18-20-12-8-5-9-13-20/h4-13,21-22H,2-3,14-18H2,1H3/t21?,22-/m1/s1. The fraction of sp³-hybridized carbons (Fsp3) is 0.417. The number of ether oxygens (including phenoxy) is 3. The van der Waals surface area contributed by atoms with E-state index in [1.165, 1.54) is 4.90 Å². The third kappa shape index (κ3) is 6.32. The Morgan fingerprint density at radius 1 is 0.933 bits per heavy atom. The summed E-state index contributed by atoms with van der Waals surface area (Å²) in [5.41, 5.74) is 1.95. The van der Waals surface area contributed by atoms with Gasteiger partial charge < -0.3 is 14.2 Å². The van der Waals surface area contributed by atoms with E-state index in [-0.39, 0.29) is 12.7 Å². The zero-order chi connectivity index (χ0) is 21.2. The maximum Gasteiger partial charge on any atom is 0.410 e. The first-order valence-electron chi connectivity index (χ1n) is 10.5. The van der Waals surface area contributed by atoms with Gasteiger partial charge in [-0.1, -0.05) is 74.0 Å². The van der Waals surface area contributed by atoms with Crippen LogP contribution in [0.2, 0.25) is 0 Å². The molecule has 1 aliphatic rings. The molecule has 0 saturated carbocycles. The van der Waals surface area contributed by atoms with Crippen molar-refractivity contribution in [2.45, 2.75) is 51.5 Å². The minimum atomic E-state index is -0.705. The summed E-state index contributed by atoms with van der Waals surface area (Å²) in [6.07, 6.45) is 1.37. The number of unbranched alkanes of at least 4 members (excludes halogenated alkanes) is 1.